The van der Waals surface area contributed by atoms with Gasteiger partial charge in [0.15, 0.2) is 5.82 Å². The summed E-state index contributed by atoms with van der Waals surface area (Å²) in [6.45, 7) is 2.01. The molecular formula is C21H17ClN4. The Morgan fingerprint density at radius 3 is 2.62 bits per heavy atom. The zero-order valence-corrected chi connectivity index (χ0v) is 15.2. The number of hydrogen-bond donors (Lipinski definition) is 1. The van der Waals surface area contributed by atoms with Gasteiger partial charge in [0.1, 0.15) is 5.82 Å². The minimum absolute atomic E-state index is 0.649. The first-order valence-electron chi connectivity index (χ1n) is 8.33. The van der Waals surface area contributed by atoms with Crippen molar-refractivity contribution in [2.75, 3.05) is 12.4 Å². The molecule has 4 rings (SSSR count). The fourth-order valence-electron chi connectivity index (χ4n) is 2.98. The molecule has 0 atom stereocenters. The molecule has 0 radical (unpaired) electrons. The highest BCUT2D eigenvalue weighted by molar-refractivity contribution is 6.34. The van der Waals surface area contributed by atoms with Crippen LogP contribution in [0.3, 0.4) is 0 Å². The van der Waals surface area contributed by atoms with Crippen molar-refractivity contribution in [2.45, 2.75) is 6.92 Å². The monoisotopic (exact) mass is 360 g/mol. The zero-order chi connectivity index (χ0) is 18.1. The van der Waals surface area contributed by atoms with Crippen LogP contribution in [0, 0.1) is 6.92 Å². The Labute approximate surface area is 156 Å². The van der Waals surface area contributed by atoms with Gasteiger partial charge in [0.05, 0.1) is 10.5 Å². The largest absolute Gasteiger partial charge is 0.373 e. The molecule has 5 heteroatoms. The molecular weight excluding hydrogens is 344 g/mol. The Hall–Kier alpha value is -2.98. The van der Waals surface area contributed by atoms with Crippen LogP contribution in [-0.4, -0.2) is 22.0 Å². The van der Waals surface area contributed by atoms with E-state index in [0.29, 0.717) is 5.82 Å². The third-order valence-corrected chi connectivity index (χ3v) is 4.86. The van der Waals surface area contributed by atoms with Gasteiger partial charge >= 0.3 is 0 Å². The Balaban J connectivity index is 1.90. The molecule has 0 bridgehead atoms. The molecule has 4 nitrogen and oxygen atoms in total. The summed E-state index contributed by atoms with van der Waals surface area (Å²) in [6, 6.07) is 16.0. The minimum atomic E-state index is 0.649. The van der Waals surface area contributed by atoms with Gasteiger partial charge < -0.3 is 5.32 Å². The maximum absolute atomic E-state index is 6.50. The SMILES string of the molecule is CNc1nc(-c2cccnc2)nc2ccc(-c3cccc(C)c3Cl)cc12. The number of halogens is 1. The van der Waals surface area contributed by atoms with Gasteiger partial charge in [0.25, 0.3) is 0 Å². The van der Waals surface area contributed by atoms with Gasteiger partial charge in [-0.15, -0.1) is 0 Å². The van der Waals surface area contributed by atoms with Crippen LogP contribution in [0.5, 0.6) is 0 Å². The van der Waals surface area contributed by atoms with E-state index < -0.39 is 0 Å². The fraction of sp³-hybridized carbons (Fsp3) is 0.0952. The first-order chi connectivity index (χ1) is 12.7. The standard InChI is InChI=1S/C21H17ClN4/c1-13-5-3-7-16(19(13)22)14-8-9-18-17(11-14)21(23-2)26-20(25-18)15-6-4-10-24-12-15/h3-12H,1-2H3,(H,23,25,26). The topological polar surface area (TPSA) is 50.7 Å². The number of nitrogens with zero attached hydrogens (tertiary/aromatic N) is 3. The molecule has 0 aliphatic rings. The highest BCUT2D eigenvalue weighted by Gasteiger charge is 2.12. The van der Waals surface area contributed by atoms with Crippen LogP contribution in [0.4, 0.5) is 5.82 Å². The van der Waals surface area contributed by atoms with Crippen LogP contribution < -0.4 is 5.32 Å². The van der Waals surface area contributed by atoms with Crippen molar-refractivity contribution in [3.05, 3.63) is 71.5 Å². The van der Waals surface area contributed by atoms with Gasteiger partial charge in [0.2, 0.25) is 0 Å². The van der Waals surface area contributed by atoms with E-state index in [1.165, 1.54) is 0 Å². The van der Waals surface area contributed by atoms with E-state index in [9.17, 15) is 0 Å². The third kappa shape index (κ3) is 2.89. The van der Waals surface area contributed by atoms with Crippen LogP contribution in [0.2, 0.25) is 5.02 Å². The number of pyridine rings is 1. The first kappa shape index (κ1) is 16.5. The predicted octanol–water partition coefficient (Wildman–Crippen LogP) is 5.36. The lowest BCUT2D eigenvalue weighted by atomic mass is 10.0. The lowest BCUT2D eigenvalue weighted by Crippen LogP contribution is -1.99. The van der Waals surface area contributed by atoms with Crippen molar-refractivity contribution in [3.63, 3.8) is 0 Å². The molecule has 0 saturated heterocycles. The van der Waals surface area contributed by atoms with E-state index in [1.807, 2.05) is 56.4 Å². The Morgan fingerprint density at radius 2 is 1.85 bits per heavy atom. The number of aromatic nitrogens is 3. The van der Waals surface area contributed by atoms with Crippen molar-refractivity contribution in [2.24, 2.45) is 0 Å². The first-order valence-corrected chi connectivity index (χ1v) is 8.70. The Bertz CT molecular complexity index is 1090. The summed E-state index contributed by atoms with van der Waals surface area (Å²) in [5, 5.41) is 4.90. The average Bonchev–Trinajstić information content (AvgIpc) is 2.69. The van der Waals surface area contributed by atoms with E-state index in [4.69, 9.17) is 16.6 Å². The normalized spacial score (nSPS) is 10.9. The number of nitrogens with one attached hydrogen (secondary N) is 1. The zero-order valence-electron chi connectivity index (χ0n) is 14.5. The molecule has 0 aliphatic carbocycles. The summed E-state index contributed by atoms with van der Waals surface area (Å²) in [6.07, 6.45) is 3.50. The second kappa shape index (κ2) is 6.73. The van der Waals surface area contributed by atoms with Crippen molar-refractivity contribution in [1.82, 2.24) is 15.0 Å². The number of benzene rings is 2. The Morgan fingerprint density at radius 1 is 0.962 bits per heavy atom. The lowest BCUT2D eigenvalue weighted by molar-refractivity contribution is 1.20. The summed E-state index contributed by atoms with van der Waals surface area (Å²) in [7, 11) is 1.86. The quantitative estimate of drug-likeness (QED) is 0.534. The van der Waals surface area contributed by atoms with Gasteiger partial charge in [-0.2, -0.15) is 0 Å². The van der Waals surface area contributed by atoms with E-state index in [2.05, 4.69) is 21.4 Å². The molecule has 1 N–H and O–H groups in total. The van der Waals surface area contributed by atoms with Gasteiger partial charge in [-0.05, 0) is 42.3 Å². The average molecular weight is 361 g/mol. The molecule has 4 aromatic rings. The van der Waals surface area contributed by atoms with Crippen LogP contribution >= 0.6 is 11.6 Å². The molecule has 0 fully saturated rings. The van der Waals surface area contributed by atoms with E-state index >= 15 is 0 Å². The maximum Gasteiger partial charge on any atom is 0.163 e. The maximum atomic E-state index is 6.50. The van der Waals surface area contributed by atoms with E-state index in [1.54, 1.807) is 12.4 Å². The number of rotatable bonds is 3. The van der Waals surface area contributed by atoms with E-state index in [0.717, 1.165) is 44.0 Å². The van der Waals surface area contributed by atoms with Crippen LogP contribution in [0.1, 0.15) is 5.56 Å². The third-order valence-electron chi connectivity index (χ3n) is 4.36. The van der Waals surface area contributed by atoms with Crippen LogP contribution in [0.15, 0.2) is 60.9 Å². The lowest BCUT2D eigenvalue weighted by Gasteiger charge is -2.11. The molecule has 0 spiro atoms. The molecule has 128 valence electrons. The Kier molecular flexibility index (Phi) is 4.27. The molecule has 0 unspecified atom stereocenters. The molecule has 0 saturated carbocycles. The highest BCUT2D eigenvalue weighted by atomic mass is 35.5. The van der Waals surface area contributed by atoms with Crippen molar-refractivity contribution in [3.8, 4) is 22.5 Å². The van der Waals surface area contributed by atoms with Crippen molar-refractivity contribution in [1.29, 1.82) is 0 Å². The van der Waals surface area contributed by atoms with Gasteiger partial charge in [-0.25, -0.2) is 9.97 Å². The van der Waals surface area contributed by atoms with E-state index in [-0.39, 0.29) is 0 Å². The molecule has 0 amide bonds. The summed E-state index contributed by atoms with van der Waals surface area (Å²) < 4.78 is 0. The summed E-state index contributed by atoms with van der Waals surface area (Å²) in [4.78, 5) is 13.5. The smallest absolute Gasteiger partial charge is 0.163 e. The number of fused-ring (bicyclic) bond motifs is 1. The predicted molar refractivity (Wildman–Crippen MR) is 107 cm³/mol. The number of hydrogen-bond acceptors (Lipinski definition) is 4. The second-order valence-corrected chi connectivity index (χ2v) is 6.43. The second-order valence-electron chi connectivity index (χ2n) is 6.06. The van der Waals surface area contributed by atoms with Gasteiger partial charge in [-0.3, -0.25) is 4.98 Å². The molecule has 2 heterocycles. The van der Waals surface area contributed by atoms with Gasteiger partial charge in [-0.1, -0.05) is 35.9 Å². The van der Waals surface area contributed by atoms with Crippen molar-refractivity contribution >= 4 is 28.3 Å². The summed E-state index contributed by atoms with van der Waals surface area (Å²) in [5.41, 5.74) is 4.86. The molecule has 2 aromatic carbocycles. The summed E-state index contributed by atoms with van der Waals surface area (Å²) in [5.74, 6) is 1.43. The minimum Gasteiger partial charge on any atom is -0.373 e. The van der Waals surface area contributed by atoms with Gasteiger partial charge in [0, 0.05) is 36.0 Å². The molecule has 0 aliphatic heterocycles. The molecule has 2 aromatic heterocycles. The number of anilines is 1. The number of aryl methyl sites for hydroxylation is 1. The van der Waals surface area contributed by atoms with Crippen molar-refractivity contribution < 1.29 is 0 Å². The fourth-order valence-corrected chi connectivity index (χ4v) is 3.22. The van der Waals surface area contributed by atoms with Crippen LogP contribution in [-0.2, 0) is 0 Å². The molecule has 26 heavy (non-hydrogen) atoms. The van der Waals surface area contributed by atoms with Crippen LogP contribution in [0.25, 0.3) is 33.4 Å². The summed E-state index contributed by atoms with van der Waals surface area (Å²) >= 11 is 6.50. The highest BCUT2D eigenvalue weighted by Crippen LogP contribution is 2.34.